The Bertz CT molecular complexity index is 464. The third-order valence-corrected chi connectivity index (χ3v) is 2.16. The molecule has 0 fully saturated rings. The SMILES string of the molecule is CC(=O)c1ccnc(N(C)C(=O)OC(C)(C)C)c1. The van der Waals surface area contributed by atoms with Gasteiger partial charge in [-0.2, -0.15) is 0 Å². The number of ether oxygens (including phenoxy) is 1. The van der Waals surface area contributed by atoms with E-state index in [4.69, 9.17) is 4.74 Å². The topological polar surface area (TPSA) is 59.5 Å². The molecule has 0 bridgehead atoms. The van der Waals surface area contributed by atoms with Crippen molar-refractivity contribution in [1.29, 1.82) is 0 Å². The Labute approximate surface area is 107 Å². The fraction of sp³-hybridized carbons (Fsp3) is 0.462. The second kappa shape index (κ2) is 5.16. The Balaban J connectivity index is 2.90. The molecule has 5 nitrogen and oxygen atoms in total. The van der Waals surface area contributed by atoms with Gasteiger partial charge in [-0.1, -0.05) is 0 Å². The zero-order chi connectivity index (χ0) is 13.9. The number of pyridine rings is 1. The largest absolute Gasteiger partial charge is 0.443 e. The van der Waals surface area contributed by atoms with Crippen LogP contribution in [-0.2, 0) is 4.74 Å². The van der Waals surface area contributed by atoms with Crippen molar-refractivity contribution < 1.29 is 14.3 Å². The average molecular weight is 250 g/mol. The number of hydrogen-bond acceptors (Lipinski definition) is 4. The summed E-state index contributed by atoms with van der Waals surface area (Å²) in [4.78, 5) is 28.4. The van der Waals surface area contributed by atoms with Crippen LogP contribution in [-0.4, -0.2) is 29.5 Å². The van der Waals surface area contributed by atoms with E-state index in [1.54, 1.807) is 40.0 Å². The Kier molecular flexibility index (Phi) is 4.06. The van der Waals surface area contributed by atoms with Crippen LogP contribution in [0.5, 0.6) is 0 Å². The van der Waals surface area contributed by atoms with E-state index in [9.17, 15) is 9.59 Å². The van der Waals surface area contributed by atoms with E-state index >= 15 is 0 Å². The van der Waals surface area contributed by atoms with E-state index in [1.165, 1.54) is 18.0 Å². The molecule has 0 spiro atoms. The Morgan fingerprint density at radius 3 is 2.44 bits per heavy atom. The fourth-order valence-electron chi connectivity index (χ4n) is 1.24. The minimum atomic E-state index is -0.566. The van der Waals surface area contributed by atoms with Crippen LogP contribution in [0.25, 0.3) is 0 Å². The maximum Gasteiger partial charge on any atom is 0.415 e. The zero-order valence-corrected chi connectivity index (χ0v) is 11.4. The van der Waals surface area contributed by atoms with Crippen LogP contribution in [0.2, 0.25) is 0 Å². The first kappa shape index (κ1) is 14.2. The molecule has 0 saturated heterocycles. The lowest BCUT2D eigenvalue weighted by Crippen LogP contribution is -2.34. The molecule has 1 aromatic heterocycles. The molecule has 0 atom stereocenters. The molecule has 0 aliphatic rings. The van der Waals surface area contributed by atoms with E-state index in [0.717, 1.165) is 0 Å². The quantitative estimate of drug-likeness (QED) is 0.757. The molecule has 0 aliphatic carbocycles. The average Bonchev–Trinajstić information content (AvgIpc) is 2.26. The molecule has 1 amide bonds. The van der Waals surface area contributed by atoms with Crippen LogP contribution in [0.4, 0.5) is 10.6 Å². The lowest BCUT2D eigenvalue weighted by molar-refractivity contribution is 0.0588. The summed E-state index contributed by atoms with van der Waals surface area (Å²) >= 11 is 0. The summed E-state index contributed by atoms with van der Waals surface area (Å²) in [6.07, 6.45) is 0.989. The van der Waals surface area contributed by atoms with Crippen molar-refractivity contribution in [3.8, 4) is 0 Å². The van der Waals surface area contributed by atoms with Gasteiger partial charge in [0.15, 0.2) is 5.78 Å². The van der Waals surface area contributed by atoms with Gasteiger partial charge < -0.3 is 4.74 Å². The first-order chi connectivity index (χ1) is 8.20. The number of anilines is 1. The number of carbonyl (C=O) groups is 2. The number of nitrogens with zero attached hydrogens (tertiary/aromatic N) is 2. The lowest BCUT2D eigenvalue weighted by atomic mass is 10.2. The summed E-state index contributed by atoms with van der Waals surface area (Å²) in [6, 6.07) is 3.17. The third kappa shape index (κ3) is 3.84. The van der Waals surface area contributed by atoms with Gasteiger partial charge in [-0.15, -0.1) is 0 Å². The molecule has 0 saturated carbocycles. The van der Waals surface area contributed by atoms with Gasteiger partial charge in [0, 0.05) is 18.8 Å². The highest BCUT2D eigenvalue weighted by atomic mass is 16.6. The van der Waals surface area contributed by atoms with Gasteiger partial charge in [0.1, 0.15) is 11.4 Å². The summed E-state index contributed by atoms with van der Waals surface area (Å²) in [7, 11) is 1.56. The van der Waals surface area contributed by atoms with Gasteiger partial charge in [0.25, 0.3) is 0 Å². The van der Waals surface area contributed by atoms with Gasteiger partial charge >= 0.3 is 6.09 Å². The molecule has 18 heavy (non-hydrogen) atoms. The molecule has 0 unspecified atom stereocenters. The van der Waals surface area contributed by atoms with Crippen molar-refractivity contribution in [3.05, 3.63) is 23.9 Å². The Morgan fingerprint density at radius 2 is 1.94 bits per heavy atom. The summed E-state index contributed by atoms with van der Waals surface area (Å²) in [6.45, 7) is 6.83. The molecule has 0 aromatic carbocycles. The minimum absolute atomic E-state index is 0.0729. The van der Waals surface area contributed by atoms with Crippen molar-refractivity contribution >= 4 is 17.7 Å². The van der Waals surface area contributed by atoms with Gasteiger partial charge in [0.2, 0.25) is 0 Å². The van der Waals surface area contributed by atoms with Crippen LogP contribution in [0.1, 0.15) is 38.1 Å². The molecule has 1 rings (SSSR count). The summed E-state index contributed by atoms with van der Waals surface area (Å²) < 4.78 is 5.22. The number of rotatable bonds is 2. The maximum absolute atomic E-state index is 11.8. The van der Waals surface area contributed by atoms with Crippen LogP contribution in [0, 0.1) is 0 Å². The summed E-state index contributed by atoms with van der Waals surface area (Å²) in [5.74, 6) is 0.313. The van der Waals surface area contributed by atoms with Gasteiger partial charge in [-0.25, -0.2) is 9.78 Å². The number of aromatic nitrogens is 1. The first-order valence-electron chi connectivity index (χ1n) is 5.64. The highest BCUT2D eigenvalue weighted by Gasteiger charge is 2.21. The molecule has 5 heteroatoms. The van der Waals surface area contributed by atoms with Crippen molar-refractivity contribution in [1.82, 2.24) is 4.98 Å². The third-order valence-electron chi connectivity index (χ3n) is 2.16. The molecule has 0 aliphatic heterocycles. The monoisotopic (exact) mass is 250 g/mol. The van der Waals surface area contributed by atoms with Gasteiger partial charge in [0.05, 0.1) is 0 Å². The van der Waals surface area contributed by atoms with Crippen molar-refractivity contribution in [2.45, 2.75) is 33.3 Å². The maximum atomic E-state index is 11.8. The molecular formula is C13H18N2O3. The van der Waals surface area contributed by atoms with E-state index in [-0.39, 0.29) is 5.78 Å². The van der Waals surface area contributed by atoms with Crippen molar-refractivity contribution in [2.75, 3.05) is 11.9 Å². The standard InChI is InChI=1S/C13H18N2O3/c1-9(16)10-6-7-14-11(8-10)15(5)12(17)18-13(2,3)4/h6-8H,1-5H3. The smallest absolute Gasteiger partial charge is 0.415 e. The highest BCUT2D eigenvalue weighted by molar-refractivity contribution is 5.95. The molecule has 0 radical (unpaired) electrons. The zero-order valence-electron chi connectivity index (χ0n) is 11.4. The fourth-order valence-corrected chi connectivity index (χ4v) is 1.24. The molecular weight excluding hydrogens is 232 g/mol. The van der Waals surface area contributed by atoms with Gasteiger partial charge in [-0.05, 0) is 39.8 Å². The van der Waals surface area contributed by atoms with E-state index < -0.39 is 11.7 Å². The number of amides is 1. The number of ketones is 1. The molecule has 0 N–H and O–H groups in total. The normalized spacial score (nSPS) is 10.9. The lowest BCUT2D eigenvalue weighted by Gasteiger charge is -2.24. The van der Waals surface area contributed by atoms with Crippen LogP contribution in [0.15, 0.2) is 18.3 Å². The minimum Gasteiger partial charge on any atom is -0.443 e. The highest BCUT2D eigenvalue weighted by Crippen LogP contribution is 2.15. The predicted molar refractivity (Wildman–Crippen MR) is 68.9 cm³/mol. The summed E-state index contributed by atoms with van der Waals surface area (Å²) in [5, 5.41) is 0. The van der Waals surface area contributed by atoms with Crippen LogP contribution >= 0.6 is 0 Å². The second-order valence-corrected chi connectivity index (χ2v) is 5.00. The number of Topliss-reactive ketones (excluding diaryl/α,β-unsaturated/α-hetero) is 1. The Morgan fingerprint density at radius 1 is 1.33 bits per heavy atom. The van der Waals surface area contributed by atoms with E-state index in [2.05, 4.69) is 4.98 Å². The number of hydrogen-bond donors (Lipinski definition) is 0. The number of carbonyl (C=O) groups excluding carboxylic acids is 2. The summed E-state index contributed by atoms with van der Waals surface area (Å²) in [5.41, 5.74) is -0.0563. The van der Waals surface area contributed by atoms with E-state index in [1.807, 2.05) is 0 Å². The van der Waals surface area contributed by atoms with Crippen molar-refractivity contribution in [3.63, 3.8) is 0 Å². The molecule has 1 aromatic rings. The molecule has 98 valence electrons. The van der Waals surface area contributed by atoms with Crippen LogP contribution in [0.3, 0.4) is 0 Å². The van der Waals surface area contributed by atoms with Crippen molar-refractivity contribution in [2.24, 2.45) is 0 Å². The second-order valence-electron chi connectivity index (χ2n) is 5.00. The van der Waals surface area contributed by atoms with E-state index in [0.29, 0.717) is 11.4 Å². The van der Waals surface area contributed by atoms with Gasteiger partial charge in [-0.3, -0.25) is 9.69 Å². The Hall–Kier alpha value is -1.91. The van der Waals surface area contributed by atoms with Crippen LogP contribution < -0.4 is 4.90 Å². The molecule has 1 heterocycles. The first-order valence-corrected chi connectivity index (χ1v) is 5.64. The predicted octanol–water partition coefficient (Wildman–Crippen LogP) is 2.66.